The largest absolute Gasteiger partial charge is 0.330 e. The Labute approximate surface area is 115 Å². The minimum absolute atomic E-state index is 0.0375. The van der Waals surface area contributed by atoms with Crippen LogP contribution in [0.1, 0.15) is 24.8 Å². The van der Waals surface area contributed by atoms with E-state index in [0.29, 0.717) is 11.4 Å². The molecule has 0 aliphatic heterocycles. The fraction of sp³-hybridized carbons (Fsp3) is 0.571. The van der Waals surface area contributed by atoms with Crippen molar-refractivity contribution < 1.29 is 8.42 Å². The summed E-state index contributed by atoms with van der Waals surface area (Å²) in [6.07, 6.45) is 2.98. The maximum absolute atomic E-state index is 12.6. The molecule has 0 heterocycles. The van der Waals surface area contributed by atoms with Crippen LogP contribution in [-0.4, -0.2) is 32.4 Å². The Hall–Kier alpha value is -0.910. The molecule has 5 heteroatoms. The number of benzene rings is 1. The Bertz CT molecular complexity index is 542. The Kier molecular flexibility index (Phi) is 4.28. The van der Waals surface area contributed by atoms with E-state index in [4.69, 9.17) is 5.73 Å². The molecule has 106 valence electrons. The molecule has 0 radical (unpaired) electrons. The Balaban J connectivity index is 2.29. The van der Waals surface area contributed by atoms with Crippen molar-refractivity contribution in [1.82, 2.24) is 4.31 Å². The Morgan fingerprint density at radius 1 is 1.37 bits per heavy atom. The monoisotopic (exact) mass is 282 g/mol. The predicted octanol–water partition coefficient (Wildman–Crippen LogP) is 1.74. The van der Waals surface area contributed by atoms with Crippen molar-refractivity contribution in [3.8, 4) is 0 Å². The van der Waals surface area contributed by atoms with Crippen LogP contribution >= 0.6 is 0 Å². The third-order valence-electron chi connectivity index (χ3n) is 4.06. The Morgan fingerprint density at radius 3 is 2.74 bits per heavy atom. The summed E-state index contributed by atoms with van der Waals surface area (Å²) >= 11 is 0. The van der Waals surface area contributed by atoms with Crippen LogP contribution in [-0.2, 0) is 10.0 Å². The third-order valence-corrected chi connectivity index (χ3v) is 5.93. The maximum atomic E-state index is 12.6. The van der Waals surface area contributed by atoms with Crippen LogP contribution in [0.3, 0.4) is 0 Å². The van der Waals surface area contributed by atoms with Gasteiger partial charge in [-0.25, -0.2) is 8.42 Å². The van der Waals surface area contributed by atoms with Crippen LogP contribution in [0.25, 0.3) is 0 Å². The fourth-order valence-corrected chi connectivity index (χ4v) is 4.44. The number of rotatable bonds is 4. The summed E-state index contributed by atoms with van der Waals surface area (Å²) in [6, 6.07) is 7.10. The van der Waals surface area contributed by atoms with Crippen molar-refractivity contribution in [2.45, 2.75) is 37.1 Å². The van der Waals surface area contributed by atoms with Crippen molar-refractivity contribution in [3.05, 3.63) is 29.8 Å². The van der Waals surface area contributed by atoms with Crippen molar-refractivity contribution in [2.24, 2.45) is 11.7 Å². The maximum Gasteiger partial charge on any atom is 0.243 e. The molecule has 0 spiro atoms. The molecule has 2 unspecified atom stereocenters. The lowest BCUT2D eigenvalue weighted by Crippen LogP contribution is -2.41. The van der Waals surface area contributed by atoms with E-state index < -0.39 is 10.0 Å². The van der Waals surface area contributed by atoms with Gasteiger partial charge in [0.25, 0.3) is 0 Å². The molecule has 2 rings (SSSR count). The van der Waals surface area contributed by atoms with Crippen LogP contribution in [0.5, 0.6) is 0 Å². The second kappa shape index (κ2) is 5.61. The molecule has 1 aromatic carbocycles. The fourth-order valence-electron chi connectivity index (χ4n) is 2.89. The zero-order chi connectivity index (χ0) is 14.0. The summed E-state index contributed by atoms with van der Waals surface area (Å²) in [7, 11) is -1.73. The minimum Gasteiger partial charge on any atom is -0.330 e. The summed E-state index contributed by atoms with van der Waals surface area (Å²) in [4.78, 5) is 0.373. The number of nitrogens with two attached hydrogens (primary N) is 1. The SMILES string of the molecule is Cc1cccc(S(=O)(=O)N(C)C2CCCC2CN)c1. The summed E-state index contributed by atoms with van der Waals surface area (Å²) in [6.45, 7) is 2.45. The van der Waals surface area contributed by atoms with Gasteiger partial charge in [0.1, 0.15) is 0 Å². The first-order valence-corrected chi connectivity index (χ1v) is 8.15. The molecule has 2 N–H and O–H groups in total. The average Bonchev–Trinajstić information content (AvgIpc) is 2.85. The van der Waals surface area contributed by atoms with Crippen molar-refractivity contribution >= 4 is 10.0 Å². The van der Waals surface area contributed by atoms with Gasteiger partial charge in [0.05, 0.1) is 4.90 Å². The van der Waals surface area contributed by atoms with E-state index in [0.717, 1.165) is 24.8 Å². The minimum atomic E-state index is -3.41. The van der Waals surface area contributed by atoms with E-state index in [1.165, 1.54) is 4.31 Å². The van der Waals surface area contributed by atoms with Crippen LogP contribution in [0.4, 0.5) is 0 Å². The highest BCUT2D eigenvalue weighted by atomic mass is 32.2. The predicted molar refractivity (Wildman–Crippen MR) is 76.3 cm³/mol. The van der Waals surface area contributed by atoms with Crippen molar-refractivity contribution in [2.75, 3.05) is 13.6 Å². The molecule has 4 nitrogen and oxygen atoms in total. The van der Waals surface area contributed by atoms with Gasteiger partial charge < -0.3 is 5.73 Å². The third kappa shape index (κ3) is 2.83. The number of hydrogen-bond donors (Lipinski definition) is 1. The summed E-state index contributed by atoms with van der Waals surface area (Å²) in [5.41, 5.74) is 6.70. The molecule has 0 amide bonds. The van der Waals surface area contributed by atoms with Gasteiger partial charge in [0.15, 0.2) is 0 Å². The van der Waals surface area contributed by atoms with Crippen LogP contribution in [0.15, 0.2) is 29.2 Å². The highest BCUT2D eigenvalue weighted by Crippen LogP contribution is 2.31. The lowest BCUT2D eigenvalue weighted by atomic mass is 10.0. The zero-order valence-corrected chi connectivity index (χ0v) is 12.4. The first-order valence-electron chi connectivity index (χ1n) is 6.71. The highest BCUT2D eigenvalue weighted by molar-refractivity contribution is 7.89. The van der Waals surface area contributed by atoms with Gasteiger partial charge in [-0.05, 0) is 49.9 Å². The van der Waals surface area contributed by atoms with E-state index in [-0.39, 0.29) is 12.0 Å². The second-order valence-electron chi connectivity index (χ2n) is 5.33. The van der Waals surface area contributed by atoms with Crippen LogP contribution < -0.4 is 5.73 Å². The quantitative estimate of drug-likeness (QED) is 0.915. The highest BCUT2D eigenvalue weighted by Gasteiger charge is 2.35. The number of nitrogens with zero attached hydrogens (tertiary/aromatic N) is 1. The van der Waals surface area contributed by atoms with E-state index in [1.54, 1.807) is 25.2 Å². The first kappa shape index (κ1) is 14.5. The Morgan fingerprint density at radius 2 is 2.11 bits per heavy atom. The van der Waals surface area contributed by atoms with Gasteiger partial charge in [0.2, 0.25) is 10.0 Å². The van der Waals surface area contributed by atoms with Gasteiger partial charge in [-0.1, -0.05) is 18.6 Å². The summed E-state index contributed by atoms with van der Waals surface area (Å²) in [5, 5.41) is 0. The van der Waals surface area contributed by atoms with E-state index >= 15 is 0 Å². The van der Waals surface area contributed by atoms with Crippen molar-refractivity contribution in [1.29, 1.82) is 0 Å². The van der Waals surface area contributed by atoms with Crippen molar-refractivity contribution in [3.63, 3.8) is 0 Å². The van der Waals surface area contributed by atoms with Gasteiger partial charge in [-0.15, -0.1) is 0 Å². The molecule has 19 heavy (non-hydrogen) atoms. The average molecular weight is 282 g/mol. The van der Waals surface area contributed by atoms with Gasteiger partial charge in [-0.3, -0.25) is 0 Å². The number of sulfonamides is 1. The molecule has 0 saturated heterocycles. The molecule has 1 saturated carbocycles. The molecule has 0 aromatic heterocycles. The van der Waals surface area contributed by atoms with Gasteiger partial charge >= 0.3 is 0 Å². The molecule has 1 aliphatic rings. The van der Waals surface area contributed by atoms with Crippen LogP contribution in [0.2, 0.25) is 0 Å². The van der Waals surface area contributed by atoms with Gasteiger partial charge in [-0.2, -0.15) is 4.31 Å². The number of aryl methyl sites for hydroxylation is 1. The molecule has 0 bridgehead atoms. The second-order valence-corrected chi connectivity index (χ2v) is 7.33. The van der Waals surface area contributed by atoms with Crippen LogP contribution in [0, 0.1) is 12.8 Å². The van der Waals surface area contributed by atoms with Gasteiger partial charge in [0, 0.05) is 13.1 Å². The lowest BCUT2D eigenvalue weighted by molar-refractivity contribution is 0.304. The molecule has 1 fully saturated rings. The van der Waals surface area contributed by atoms with E-state index in [1.807, 2.05) is 13.0 Å². The smallest absolute Gasteiger partial charge is 0.243 e. The normalized spacial score (nSPS) is 24.0. The molecule has 1 aromatic rings. The molecule has 1 aliphatic carbocycles. The zero-order valence-electron chi connectivity index (χ0n) is 11.5. The summed E-state index contributed by atoms with van der Waals surface area (Å²) < 4.78 is 26.8. The number of hydrogen-bond acceptors (Lipinski definition) is 3. The van der Waals surface area contributed by atoms with E-state index in [9.17, 15) is 8.42 Å². The first-order chi connectivity index (χ1) is 8.96. The summed E-state index contributed by atoms with van der Waals surface area (Å²) in [5.74, 6) is 0.282. The molecule has 2 atom stereocenters. The standard InChI is InChI=1S/C14H22N2O2S/c1-11-5-3-7-13(9-11)19(17,18)16(2)14-8-4-6-12(14)10-15/h3,5,7,9,12,14H,4,6,8,10,15H2,1-2H3. The topological polar surface area (TPSA) is 63.4 Å². The van der Waals surface area contributed by atoms with E-state index in [2.05, 4.69) is 0 Å². The lowest BCUT2D eigenvalue weighted by Gasteiger charge is -2.28. The molecular weight excluding hydrogens is 260 g/mol. The molecular formula is C14H22N2O2S.